The van der Waals surface area contributed by atoms with E-state index in [0.717, 1.165) is 50.6 Å². The van der Waals surface area contributed by atoms with Crippen molar-refractivity contribution in [2.24, 2.45) is 11.0 Å². The number of hydrogen-bond acceptors (Lipinski definition) is 4. The molecule has 1 heterocycles. The van der Waals surface area contributed by atoms with Gasteiger partial charge in [0, 0.05) is 27.0 Å². The predicted molar refractivity (Wildman–Crippen MR) is 148 cm³/mol. The van der Waals surface area contributed by atoms with E-state index < -0.39 is 10.8 Å². The summed E-state index contributed by atoms with van der Waals surface area (Å²) in [6.07, 6.45) is 4.84. The smallest absolute Gasteiger partial charge is 0.267 e. The molecule has 0 bridgehead atoms. The van der Waals surface area contributed by atoms with Gasteiger partial charge in [-0.05, 0) is 72.4 Å². The summed E-state index contributed by atoms with van der Waals surface area (Å²) >= 11 is 13.3. The molecule has 5 rings (SSSR count). The molecule has 0 aromatic heterocycles. The average molecular weight is 630 g/mol. The van der Waals surface area contributed by atoms with Gasteiger partial charge in [-0.1, -0.05) is 67.7 Å². The Morgan fingerprint density at radius 1 is 1.06 bits per heavy atom. The van der Waals surface area contributed by atoms with Crippen molar-refractivity contribution in [1.29, 1.82) is 0 Å². The van der Waals surface area contributed by atoms with Crippen molar-refractivity contribution >= 4 is 66.8 Å². The Balaban J connectivity index is 1.60. The van der Waals surface area contributed by atoms with E-state index in [4.69, 9.17) is 16.7 Å². The average Bonchev–Trinajstić information content (AvgIpc) is 3.26. The maximum Gasteiger partial charge on any atom is 0.276 e. The van der Waals surface area contributed by atoms with E-state index in [1.54, 1.807) is 0 Å². The number of carbonyl (C=O) groups excluding carboxylic acids is 1. The SMILES string of the molecule is O=C(c1cc([N+](=O)[O-])ccc1Cl)N1N=C2/C(=C/c3ccc(Br)cc3)CCC[C@H]2[C@H]1c1ccc(Br)cc1. The third kappa shape index (κ3) is 4.90. The second-order valence-corrected chi connectivity index (χ2v) is 11.0. The van der Waals surface area contributed by atoms with Crippen LogP contribution in [0.5, 0.6) is 0 Å². The van der Waals surface area contributed by atoms with E-state index in [-0.39, 0.29) is 28.2 Å². The summed E-state index contributed by atoms with van der Waals surface area (Å²) in [6, 6.07) is 19.5. The van der Waals surface area contributed by atoms with Gasteiger partial charge in [0.05, 0.1) is 27.3 Å². The summed E-state index contributed by atoms with van der Waals surface area (Å²) in [5.41, 5.74) is 3.85. The number of allylic oxidation sites excluding steroid dienone is 1. The highest BCUT2D eigenvalue weighted by Crippen LogP contribution is 2.45. The number of hydrogen-bond donors (Lipinski definition) is 0. The zero-order chi connectivity index (χ0) is 25.4. The third-order valence-electron chi connectivity index (χ3n) is 6.52. The molecule has 2 aliphatic rings. The Morgan fingerprint density at radius 3 is 2.39 bits per heavy atom. The zero-order valence-electron chi connectivity index (χ0n) is 18.9. The molecule has 0 spiro atoms. The van der Waals surface area contributed by atoms with Crippen molar-refractivity contribution in [3.05, 3.63) is 113 Å². The van der Waals surface area contributed by atoms with Gasteiger partial charge in [0.1, 0.15) is 0 Å². The molecule has 1 fully saturated rings. The summed E-state index contributed by atoms with van der Waals surface area (Å²) in [6.45, 7) is 0. The fourth-order valence-corrected chi connectivity index (χ4v) is 5.56. The monoisotopic (exact) mass is 627 g/mol. The first-order valence-electron chi connectivity index (χ1n) is 11.4. The summed E-state index contributed by atoms with van der Waals surface area (Å²) in [5.74, 6) is -0.454. The van der Waals surface area contributed by atoms with Crippen molar-refractivity contribution in [3.63, 3.8) is 0 Å². The topological polar surface area (TPSA) is 75.8 Å². The first kappa shape index (κ1) is 24.9. The number of rotatable bonds is 4. The van der Waals surface area contributed by atoms with E-state index >= 15 is 0 Å². The number of benzene rings is 3. The highest BCUT2D eigenvalue weighted by atomic mass is 79.9. The lowest BCUT2D eigenvalue weighted by atomic mass is 9.77. The fraction of sp³-hybridized carbons (Fsp3) is 0.185. The van der Waals surface area contributed by atoms with Crippen LogP contribution >= 0.6 is 43.5 Å². The quantitative estimate of drug-likeness (QED) is 0.216. The lowest BCUT2D eigenvalue weighted by Crippen LogP contribution is -2.32. The number of nitrogens with zero attached hydrogens (tertiary/aromatic N) is 3. The zero-order valence-corrected chi connectivity index (χ0v) is 22.8. The van der Waals surface area contributed by atoms with Crippen LogP contribution in [0.3, 0.4) is 0 Å². The van der Waals surface area contributed by atoms with Crippen molar-refractivity contribution in [1.82, 2.24) is 5.01 Å². The molecule has 0 radical (unpaired) electrons. The van der Waals surface area contributed by atoms with Crippen LogP contribution < -0.4 is 0 Å². The van der Waals surface area contributed by atoms with Gasteiger partial charge in [-0.3, -0.25) is 14.9 Å². The number of hydrazone groups is 1. The number of fused-ring (bicyclic) bond motifs is 1. The molecule has 2 atom stereocenters. The minimum Gasteiger partial charge on any atom is -0.267 e. The molecule has 1 amide bonds. The molecule has 6 nitrogen and oxygen atoms in total. The normalized spacial score (nSPS) is 20.2. The summed E-state index contributed by atoms with van der Waals surface area (Å²) < 4.78 is 1.94. The molecule has 1 aliphatic carbocycles. The molecule has 0 unspecified atom stereocenters. The van der Waals surface area contributed by atoms with Crippen LogP contribution in [0.4, 0.5) is 5.69 Å². The van der Waals surface area contributed by atoms with Crippen molar-refractivity contribution in [3.8, 4) is 0 Å². The van der Waals surface area contributed by atoms with Gasteiger partial charge in [0.25, 0.3) is 11.6 Å². The highest BCUT2D eigenvalue weighted by Gasteiger charge is 2.44. The van der Waals surface area contributed by atoms with Crippen LogP contribution in [0.1, 0.15) is 46.8 Å². The van der Waals surface area contributed by atoms with Gasteiger partial charge in [-0.25, -0.2) is 5.01 Å². The van der Waals surface area contributed by atoms with Crippen LogP contribution in [0.25, 0.3) is 6.08 Å². The summed E-state index contributed by atoms with van der Waals surface area (Å²) in [4.78, 5) is 24.6. The molecule has 0 N–H and O–H groups in total. The van der Waals surface area contributed by atoms with Crippen LogP contribution in [-0.2, 0) is 0 Å². The lowest BCUT2D eigenvalue weighted by Gasteiger charge is -2.29. The first-order valence-corrected chi connectivity index (χ1v) is 13.4. The van der Waals surface area contributed by atoms with Gasteiger partial charge in [0.2, 0.25) is 0 Å². The largest absolute Gasteiger partial charge is 0.276 e. The van der Waals surface area contributed by atoms with Crippen LogP contribution in [0.15, 0.2) is 86.3 Å². The summed E-state index contributed by atoms with van der Waals surface area (Å²) in [7, 11) is 0. The van der Waals surface area contributed by atoms with E-state index in [1.165, 1.54) is 23.2 Å². The van der Waals surface area contributed by atoms with E-state index in [2.05, 4.69) is 37.9 Å². The van der Waals surface area contributed by atoms with E-state index in [9.17, 15) is 14.9 Å². The molecule has 3 aromatic rings. The minimum atomic E-state index is -0.534. The van der Waals surface area contributed by atoms with Crippen molar-refractivity contribution < 1.29 is 9.72 Å². The van der Waals surface area contributed by atoms with Gasteiger partial charge < -0.3 is 0 Å². The van der Waals surface area contributed by atoms with Gasteiger partial charge >= 0.3 is 0 Å². The number of non-ortho nitro benzene ring substituents is 1. The second kappa shape index (κ2) is 10.3. The molecule has 36 heavy (non-hydrogen) atoms. The number of nitro benzene ring substituents is 1. The van der Waals surface area contributed by atoms with E-state index in [0.29, 0.717) is 0 Å². The number of amides is 1. The fourth-order valence-electron chi connectivity index (χ4n) is 4.84. The molecule has 1 saturated carbocycles. The maximum atomic E-state index is 13.8. The van der Waals surface area contributed by atoms with Gasteiger partial charge in [0.15, 0.2) is 0 Å². The number of halogens is 3. The molecule has 9 heteroatoms. The highest BCUT2D eigenvalue weighted by molar-refractivity contribution is 9.10. The van der Waals surface area contributed by atoms with Gasteiger partial charge in [-0.15, -0.1) is 0 Å². The molecule has 182 valence electrons. The molecular weight excluding hydrogens is 610 g/mol. The molecule has 3 aromatic carbocycles. The number of nitro groups is 1. The van der Waals surface area contributed by atoms with Crippen LogP contribution in [0.2, 0.25) is 5.02 Å². The van der Waals surface area contributed by atoms with Crippen molar-refractivity contribution in [2.45, 2.75) is 25.3 Å². The number of carbonyl (C=O) groups is 1. The van der Waals surface area contributed by atoms with E-state index in [1.807, 2.05) is 48.5 Å². The molecule has 1 aliphatic heterocycles. The second-order valence-electron chi connectivity index (χ2n) is 8.77. The van der Waals surface area contributed by atoms with Crippen LogP contribution in [-0.4, -0.2) is 21.6 Å². The third-order valence-corrected chi connectivity index (χ3v) is 7.91. The Bertz CT molecular complexity index is 1400. The first-order chi connectivity index (χ1) is 17.3. The molecular formula is C27H20Br2ClN3O3. The van der Waals surface area contributed by atoms with Gasteiger partial charge in [-0.2, -0.15) is 5.10 Å². The Labute approximate surface area is 230 Å². The predicted octanol–water partition coefficient (Wildman–Crippen LogP) is 8.21. The Kier molecular flexibility index (Phi) is 7.10. The summed E-state index contributed by atoms with van der Waals surface area (Å²) in [5, 5.41) is 17.8. The minimum absolute atomic E-state index is 0.00282. The Morgan fingerprint density at radius 2 is 1.72 bits per heavy atom. The Hall–Kier alpha value is -2.81. The maximum absolute atomic E-state index is 13.8. The van der Waals surface area contributed by atoms with Crippen molar-refractivity contribution in [2.75, 3.05) is 0 Å². The standard InChI is InChI=1S/C27H20Br2ClN3O3/c28-19-8-4-16(5-9-19)14-18-2-1-3-22-25(18)31-32(26(22)17-6-10-20(29)11-7-17)27(34)23-15-21(33(35)36)12-13-24(23)30/h4-15,22,26H,1-3H2/b18-14+/t22-,26-/m1/s1. The van der Waals surface area contributed by atoms with Crippen LogP contribution in [0, 0.1) is 16.0 Å². The molecule has 0 saturated heterocycles. The lowest BCUT2D eigenvalue weighted by molar-refractivity contribution is -0.384.